The van der Waals surface area contributed by atoms with Crippen molar-refractivity contribution >= 4 is 11.8 Å². The number of carbonyl (C=O) groups is 1. The zero-order valence-electron chi connectivity index (χ0n) is 14.0. The number of hydrogen-bond acceptors (Lipinski definition) is 5. The van der Waals surface area contributed by atoms with Gasteiger partial charge in [0.2, 0.25) is 0 Å². The van der Waals surface area contributed by atoms with E-state index in [9.17, 15) is 4.79 Å². The molecule has 0 atom stereocenters. The number of nitrogens with zero attached hydrogens (tertiary/aromatic N) is 4. The lowest BCUT2D eigenvalue weighted by molar-refractivity contribution is 0.242. The number of pyridine rings is 1. The molecular formula is C17H22N6O. The molecule has 1 saturated heterocycles. The molecule has 3 rings (SSSR count). The van der Waals surface area contributed by atoms with Crippen LogP contribution >= 0.6 is 0 Å². The monoisotopic (exact) mass is 326 g/mol. The van der Waals surface area contributed by atoms with Gasteiger partial charge in [0.15, 0.2) is 5.82 Å². The van der Waals surface area contributed by atoms with Gasteiger partial charge in [0, 0.05) is 48.3 Å². The highest BCUT2D eigenvalue weighted by Gasteiger charge is 2.23. The van der Waals surface area contributed by atoms with Gasteiger partial charge in [-0.2, -0.15) is 0 Å². The Kier molecular flexibility index (Phi) is 4.59. The molecular weight excluding hydrogens is 304 g/mol. The van der Waals surface area contributed by atoms with Crippen molar-refractivity contribution in [2.24, 2.45) is 5.73 Å². The molecule has 2 aromatic heterocycles. The third-order valence-corrected chi connectivity index (χ3v) is 4.42. The van der Waals surface area contributed by atoms with Gasteiger partial charge < -0.3 is 16.0 Å². The Hall–Kier alpha value is -2.70. The summed E-state index contributed by atoms with van der Waals surface area (Å²) >= 11 is 0. The molecule has 1 aliphatic heterocycles. The molecule has 2 amide bonds. The molecule has 24 heavy (non-hydrogen) atoms. The summed E-state index contributed by atoms with van der Waals surface area (Å²) in [6.45, 7) is 5.71. The number of nitrogens with one attached hydrogen (secondary N) is 1. The van der Waals surface area contributed by atoms with Crippen LogP contribution in [0.1, 0.15) is 24.1 Å². The summed E-state index contributed by atoms with van der Waals surface area (Å²) in [7, 11) is 0. The van der Waals surface area contributed by atoms with E-state index in [2.05, 4.69) is 20.2 Å². The highest BCUT2D eigenvalue weighted by atomic mass is 16.2. The number of aromatic nitrogens is 3. The largest absolute Gasteiger partial charge is 0.356 e. The van der Waals surface area contributed by atoms with Crippen molar-refractivity contribution < 1.29 is 4.79 Å². The minimum Gasteiger partial charge on any atom is -0.356 e. The molecule has 7 heteroatoms. The molecule has 0 aliphatic carbocycles. The highest BCUT2D eigenvalue weighted by Crippen LogP contribution is 2.26. The van der Waals surface area contributed by atoms with Crippen LogP contribution in [0.2, 0.25) is 0 Å². The number of hydrogen-bond donors (Lipinski definition) is 2. The van der Waals surface area contributed by atoms with E-state index in [-0.39, 0.29) is 6.04 Å². The fourth-order valence-corrected chi connectivity index (χ4v) is 2.98. The van der Waals surface area contributed by atoms with Gasteiger partial charge in [-0.3, -0.25) is 4.98 Å². The molecule has 0 unspecified atom stereocenters. The van der Waals surface area contributed by atoms with Crippen molar-refractivity contribution in [3.05, 3.63) is 35.8 Å². The van der Waals surface area contributed by atoms with E-state index < -0.39 is 6.03 Å². The predicted molar refractivity (Wildman–Crippen MR) is 92.7 cm³/mol. The maximum absolute atomic E-state index is 11.0. The van der Waals surface area contributed by atoms with Crippen LogP contribution in [-0.4, -0.2) is 40.1 Å². The predicted octanol–water partition coefficient (Wildman–Crippen LogP) is 1.79. The van der Waals surface area contributed by atoms with Crippen LogP contribution in [0.25, 0.3) is 11.4 Å². The van der Waals surface area contributed by atoms with Crippen LogP contribution in [0, 0.1) is 13.8 Å². The first-order valence-electron chi connectivity index (χ1n) is 8.11. The van der Waals surface area contributed by atoms with Gasteiger partial charge in [-0.05, 0) is 38.8 Å². The first-order chi connectivity index (χ1) is 11.5. The summed E-state index contributed by atoms with van der Waals surface area (Å²) in [5, 5.41) is 2.79. The topological polar surface area (TPSA) is 97.0 Å². The average Bonchev–Trinajstić information content (AvgIpc) is 2.58. The number of carbonyl (C=O) groups excluding carboxylic acids is 1. The van der Waals surface area contributed by atoms with Gasteiger partial charge in [0.05, 0.1) is 0 Å². The number of rotatable bonds is 3. The van der Waals surface area contributed by atoms with Crippen molar-refractivity contribution in [3.63, 3.8) is 0 Å². The maximum Gasteiger partial charge on any atom is 0.312 e. The van der Waals surface area contributed by atoms with E-state index in [0.717, 1.165) is 48.6 Å². The van der Waals surface area contributed by atoms with Crippen LogP contribution < -0.4 is 16.0 Å². The SMILES string of the molecule is Cc1nc(-c2cccnc2)nc(N2CCC(NC(N)=O)CC2)c1C. The second-order valence-corrected chi connectivity index (χ2v) is 6.09. The minimum absolute atomic E-state index is 0.139. The third kappa shape index (κ3) is 3.45. The number of nitrogens with two attached hydrogens (primary N) is 1. The smallest absolute Gasteiger partial charge is 0.312 e. The lowest BCUT2D eigenvalue weighted by Crippen LogP contribution is -2.46. The van der Waals surface area contributed by atoms with E-state index in [4.69, 9.17) is 10.7 Å². The van der Waals surface area contributed by atoms with Crippen LogP contribution in [0.4, 0.5) is 10.6 Å². The molecule has 0 bridgehead atoms. The Morgan fingerprint density at radius 1 is 1.29 bits per heavy atom. The molecule has 0 aromatic carbocycles. The molecule has 126 valence electrons. The van der Waals surface area contributed by atoms with Gasteiger partial charge in [-0.25, -0.2) is 14.8 Å². The standard InChI is InChI=1S/C17H22N6O/c1-11-12(2)20-15(13-4-3-7-19-10-13)22-16(11)23-8-5-14(6-9-23)21-17(18)24/h3-4,7,10,14H,5-6,8-9H2,1-2H3,(H3,18,21,24). The molecule has 0 radical (unpaired) electrons. The van der Waals surface area contributed by atoms with Crippen LogP contribution in [0.3, 0.4) is 0 Å². The van der Waals surface area contributed by atoms with Crippen molar-refractivity contribution in [3.8, 4) is 11.4 Å². The van der Waals surface area contributed by atoms with Gasteiger partial charge >= 0.3 is 6.03 Å². The highest BCUT2D eigenvalue weighted by molar-refractivity contribution is 5.72. The van der Waals surface area contributed by atoms with Gasteiger partial charge in [0.1, 0.15) is 5.82 Å². The summed E-state index contributed by atoms with van der Waals surface area (Å²) in [4.78, 5) is 26.8. The molecule has 7 nitrogen and oxygen atoms in total. The van der Waals surface area contributed by atoms with E-state index in [0.29, 0.717) is 5.82 Å². The van der Waals surface area contributed by atoms with Gasteiger partial charge in [0.25, 0.3) is 0 Å². The van der Waals surface area contributed by atoms with Crippen molar-refractivity contribution in [1.82, 2.24) is 20.3 Å². The molecule has 1 aliphatic rings. The number of piperidine rings is 1. The lowest BCUT2D eigenvalue weighted by atomic mass is 10.0. The fourth-order valence-electron chi connectivity index (χ4n) is 2.98. The Morgan fingerprint density at radius 3 is 2.67 bits per heavy atom. The van der Waals surface area contributed by atoms with Crippen LogP contribution in [-0.2, 0) is 0 Å². The molecule has 0 spiro atoms. The number of aryl methyl sites for hydroxylation is 1. The molecule has 3 heterocycles. The summed E-state index contributed by atoms with van der Waals surface area (Å²) in [6, 6.07) is 3.53. The average molecular weight is 326 g/mol. The van der Waals surface area contributed by atoms with E-state index in [1.807, 2.05) is 26.0 Å². The Labute approximate surface area is 141 Å². The zero-order chi connectivity index (χ0) is 17.1. The molecule has 0 saturated carbocycles. The minimum atomic E-state index is -0.457. The van der Waals surface area contributed by atoms with Gasteiger partial charge in [-0.1, -0.05) is 0 Å². The third-order valence-electron chi connectivity index (χ3n) is 4.42. The fraction of sp³-hybridized carbons (Fsp3) is 0.412. The Balaban J connectivity index is 1.83. The molecule has 3 N–H and O–H groups in total. The first kappa shape index (κ1) is 16.2. The molecule has 1 fully saturated rings. The van der Waals surface area contributed by atoms with Gasteiger partial charge in [-0.15, -0.1) is 0 Å². The number of anilines is 1. The number of urea groups is 1. The second kappa shape index (κ2) is 6.82. The summed E-state index contributed by atoms with van der Waals surface area (Å²) in [5.41, 5.74) is 8.17. The summed E-state index contributed by atoms with van der Waals surface area (Å²) in [5.74, 6) is 1.65. The van der Waals surface area contributed by atoms with E-state index in [1.165, 1.54) is 0 Å². The zero-order valence-corrected chi connectivity index (χ0v) is 14.0. The van der Waals surface area contributed by atoms with E-state index in [1.54, 1.807) is 12.4 Å². The lowest BCUT2D eigenvalue weighted by Gasteiger charge is -2.34. The summed E-state index contributed by atoms with van der Waals surface area (Å²) in [6.07, 6.45) is 5.22. The normalized spacial score (nSPS) is 15.3. The van der Waals surface area contributed by atoms with Crippen molar-refractivity contribution in [2.75, 3.05) is 18.0 Å². The quantitative estimate of drug-likeness (QED) is 0.896. The first-order valence-corrected chi connectivity index (χ1v) is 8.11. The maximum atomic E-state index is 11.0. The van der Waals surface area contributed by atoms with Crippen LogP contribution in [0.5, 0.6) is 0 Å². The Bertz CT molecular complexity index is 725. The summed E-state index contributed by atoms with van der Waals surface area (Å²) < 4.78 is 0. The second-order valence-electron chi connectivity index (χ2n) is 6.09. The molecule has 2 aromatic rings. The van der Waals surface area contributed by atoms with Crippen molar-refractivity contribution in [2.45, 2.75) is 32.7 Å². The number of primary amides is 1. The Morgan fingerprint density at radius 2 is 2.04 bits per heavy atom. The number of amides is 2. The van der Waals surface area contributed by atoms with Crippen LogP contribution in [0.15, 0.2) is 24.5 Å². The van der Waals surface area contributed by atoms with E-state index >= 15 is 0 Å². The van der Waals surface area contributed by atoms with Crippen molar-refractivity contribution in [1.29, 1.82) is 0 Å².